The van der Waals surface area contributed by atoms with Crippen LogP contribution in [0.5, 0.6) is 0 Å². The van der Waals surface area contributed by atoms with Crippen LogP contribution in [-0.2, 0) is 9.53 Å². The minimum atomic E-state index is -0.585. The van der Waals surface area contributed by atoms with Gasteiger partial charge in [-0.1, -0.05) is 13.8 Å². The molecule has 0 saturated heterocycles. The van der Waals surface area contributed by atoms with E-state index in [9.17, 15) is 4.79 Å². The summed E-state index contributed by atoms with van der Waals surface area (Å²) in [4.78, 5) is 16.5. The Labute approximate surface area is 124 Å². The molecule has 0 aromatic carbocycles. The van der Waals surface area contributed by atoms with Gasteiger partial charge >= 0.3 is 5.97 Å². The lowest BCUT2D eigenvalue weighted by atomic mass is 9.97. The Hall–Kier alpha value is -0.650. The van der Waals surface area contributed by atoms with Crippen LogP contribution in [0.3, 0.4) is 0 Å². The fraction of sp³-hybridized carbons (Fsp3) is 0.933. The van der Waals surface area contributed by atoms with E-state index in [2.05, 4.69) is 36.1 Å². The normalized spacial score (nSPS) is 14.6. The van der Waals surface area contributed by atoms with Crippen LogP contribution in [0.15, 0.2) is 0 Å². The summed E-state index contributed by atoms with van der Waals surface area (Å²) in [6.07, 6.45) is 1.92. The molecule has 0 aliphatic heterocycles. The molecule has 0 radical (unpaired) electrons. The van der Waals surface area contributed by atoms with Crippen molar-refractivity contribution >= 4 is 5.97 Å². The number of esters is 1. The molecule has 0 fully saturated rings. The van der Waals surface area contributed by atoms with Crippen molar-refractivity contribution in [1.29, 1.82) is 0 Å². The van der Waals surface area contributed by atoms with E-state index in [1.807, 2.05) is 13.8 Å². The Bertz CT molecular complexity index is 272. The molecule has 0 aromatic heterocycles. The first-order valence-corrected chi connectivity index (χ1v) is 7.60. The van der Waals surface area contributed by atoms with Crippen LogP contribution in [0.2, 0.25) is 0 Å². The lowest BCUT2D eigenvalue weighted by molar-refractivity contribution is -0.148. The molecule has 20 heavy (non-hydrogen) atoms. The summed E-state index contributed by atoms with van der Waals surface area (Å²) in [5.74, 6) is -0.177. The van der Waals surface area contributed by atoms with Crippen LogP contribution in [0, 0.1) is 0 Å². The predicted octanol–water partition coefficient (Wildman–Crippen LogP) is 1.19. The summed E-state index contributed by atoms with van der Waals surface area (Å²) in [6, 6.07) is 0. The number of carbonyl (C=O) groups is 1. The lowest BCUT2D eigenvalue weighted by Crippen LogP contribution is -2.52. The van der Waals surface area contributed by atoms with Crippen LogP contribution in [-0.4, -0.2) is 75.2 Å². The molecule has 0 rings (SSSR count). The van der Waals surface area contributed by atoms with Gasteiger partial charge in [0.2, 0.25) is 0 Å². The molecular weight excluding hydrogens is 254 g/mol. The molecule has 0 spiro atoms. The van der Waals surface area contributed by atoms with E-state index in [4.69, 9.17) is 4.74 Å². The van der Waals surface area contributed by atoms with E-state index >= 15 is 0 Å². The molecule has 0 aliphatic rings. The lowest BCUT2D eigenvalue weighted by Gasteiger charge is -2.30. The van der Waals surface area contributed by atoms with E-state index < -0.39 is 5.54 Å². The molecule has 1 N–H and O–H groups in total. The van der Waals surface area contributed by atoms with E-state index in [1.165, 1.54) is 7.11 Å². The van der Waals surface area contributed by atoms with Gasteiger partial charge in [-0.15, -0.1) is 0 Å². The molecule has 120 valence electrons. The van der Waals surface area contributed by atoms with Crippen LogP contribution in [0.4, 0.5) is 0 Å². The van der Waals surface area contributed by atoms with E-state index in [1.54, 1.807) is 0 Å². The predicted molar refractivity (Wildman–Crippen MR) is 84.0 cm³/mol. The van der Waals surface area contributed by atoms with Crippen LogP contribution < -0.4 is 5.32 Å². The second kappa shape index (κ2) is 10.1. The maximum absolute atomic E-state index is 11.9. The summed E-state index contributed by atoms with van der Waals surface area (Å²) >= 11 is 0. The molecule has 0 aromatic rings. The van der Waals surface area contributed by atoms with Crippen molar-refractivity contribution in [3.63, 3.8) is 0 Å². The topological polar surface area (TPSA) is 44.8 Å². The number of likely N-dealkylation sites (N-methyl/N-ethyl adjacent to an activating group) is 1. The first-order chi connectivity index (χ1) is 9.39. The molecule has 1 unspecified atom stereocenters. The van der Waals surface area contributed by atoms with Crippen molar-refractivity contribution in [2.45, 2.75) is 39.2 Å². The van der Waals surface area contributed by atoms with E-state index in [-0.39, 0.29) is 5.97 Å². The summed E-state index contributed by atoms with van der Waals surface area (Å²) in [7, 11) is 5.64. The van der Waals surface area contributed by atoms with Crippen molar-refractivity contribution in [1.82, 2.24) is 15.1 Å². The zero-order valence-corrected chi connectivity index (χ0v) is 14.2. The highest BCUT2D eigenvalue weighted by atomic mass is 16.5. The summed E-state index contributed by atoms with van der Waals surface area (Å²) in [5, 5.41) is 3.25. The molecule has 5 heteroatoms. The van der Waals surface area contributed by atoms with Gasteiger partial charge in [0.05, 0.1) is 7.11 Å². The Morgan fingerprint density at radius 1 is 1.20 bits per heavy atom. The molecule has 0 amide bonds. The number of carbonyl (C=O) groups excluding carboxylic acids is 1. The van der Waals surface area contributed by atoms with Gasteiger partial charge < -0.3 is 19.9 Å². The molecular formula is C15H33N3O2. The van der Waals surface area contributed by atoms with E-state index in [0.717, 1.165) is 45.6 Å². The molecule has 0 bridgehead atoms. The number of hydrogen-bond donors (Lipinski definition) is 1. The number of methoxy groups -OCH3 is 1. The van der Waals surface area contributed by atoms with Gasteiger partial charge in [0, 0.05) is 6.54 Å². The number of nitrogens with one attached hydrogen (secondary N) is 1. The number of hydrogen-bond acceptors (Lipinski definition) is 5. The van der Waals surface area contributed by atoms with Gasteiger partial charge in [-0.2, -0.15) is 0 Å². The average molecular weight is 287 g/mol. The highest BCUT2D eigenvalue weighted by Gasteiger charge is 2.33. The molecule has 0 aliphatic carbocycles. The minimum absolute atomic E-state index is 0.177. The average Bonchev–Trinajstić information content (AvgIpc) is 2.41. The Morgan fingerprint density at radius 3 is 2.30 bits per heavy atom. The second-order valence-electron chi connectivity index (χ2n) is 5.70. The molecule has 1 atom stereocenters. The van der Waals surface area contributed by atoms with Crippen LogP contribution in [0.25, 0.3) is 0 Å². The molecule has 0 heterocycles. The second-order valence-corrected chi connectivity index (χ2v) is 5.70. The van der Waals surface area contributed by atoms with Crippen LogP contribution in [0.1, 0.15) is 33.6 Å². The largest absolute Gasteiger partial charge is 0.468 e. The standard InChI is InChI=1S/C15H33N3O2/c1-7-16-15(3,14(19)20-6)10-13-18(8-2)12-9-11-17(4)5/h16H,7-13H2,1-6H3. The van der Waals surface area contributed by atoms with Crippen molar-refractivity contribution in [2.75, 3.05) is 53.9 Å². The summed E-state index contributed by atoms with van der Waals surface area (Å²) in [5.41, 5.74) is -0.585. The zero-order valence-electron chi connectivity index (χ0n) is 14.2. The Balaban J connectivity index is 4.32. The smallest absolute Gasteiger partial charge is 0.325 e. The van der Waals surface area contributed by atoms with Gasteiger partial charge in [-0.25, -0.2) is 0 Å². The SMILES string of the molecule is CCNC(C)(CCN(CC)CCCN(C)C)C(=O)OC. The van der Waals surface area contributed by atoms with Gasteiger partial charge in [-0.05, 0) is 60.0 Å². The monoisotopic (exact) mass is 287 g/mol. The fourth-order valence-electron chi connectivity index (χ4n) is 2.30. The maximum atomic E-state index is 11.9. The first-order valence-electron chi connectivity index (χ1n) is 7.60. The van der Waals surface area contributed by atoms with Gasteiger partial charge in [0.15, 0.2) is 0 Å². The summed E-state index contributed by atoms with van der Waals surface area (Å²) < 4.78 is 4.92. The van der Waals surface area contributed by atoms with E-state index in [0.29, 0.717) is 0 Å². The van der Waals surface area contributed by atoms with Crippen LogP contribution >= 0.6 is 0 Å². The Kier molecular flexibility index (Phi) is 9.80. The third-order valence-electron chi connectivity index (χ3n) is 3.66. The Morgan fingerprint density at radius 2 is 1.85 bits per heavy atom. The number of ether oxygens (including phenoxy) is 1. The van der Waals surface area contributed by atoms with Gasteiger partial charge in [0.25, 0.3) is 0 Å². The third kappa shape index (κ3) is 7.22. The molecule has 0 saturated carbocycles. The van der Waals surface area contributed by atoms with Crippen molar-refractivity contribution in [3.05, 3.63) is 0 Å². The summed E-state index contributed by atoms with van der Waals surface area (Å²) in [6.45, 7) is 10.9. The number of nitrogens with zero attached hydrogens (tertiary/aromatic N) is 2. The molecule has 5 nitrogen and oxygen atoms in total. The quantitative estimate of drug-likeness (QED) is 0.578. The van der Waals surface area contributed by atoms with Crippen molar-refractivity contribution < 1.29 is 9.53 Å². The van der Waals surface area contributed by atoms with Crippen molar-refractivity contribution in [3.8, 4) is 0 Å². The van der Waals surface area contributed by atoms with Gasteiger partial charge in [-0.3, -0.25) is 4.79 Å². The zero-order chi connectivity index (χ0) is 15.6. The minimum Gasteiger partial charge on any atom is -0.468 e. The maximum Gasteiger partial charge on any atom is 0.325 e. The highest BCUT2D eigenvalue weighted by molar-refractivity contribution is 5.80. The first kappa shape index (κ1) is 19.4. The number of rotatable bonds is 11. The third-order valence-corrected chi connectivity index (χ3v) is 3.66. The van der Waals surface area contributed by atoms with Crippen molar-refractivity contribution in [2.24, 2.45) is 0 Å². The fourth-order valence-corrected chi connectivity index (χ4v) is 2.30. The highest BCUT2D eigenvalue weighted by Crippen LogP contribution is 2.13. The van der Waals surface area contributed by atoms with Gasteiger partial charge in [0.1, 0.15) is 5.54 Å².